The van der Waals surface area contributed by atoms with E-state index in [9.17, 15) is 4.39 Å². The Balaban J connectivity index is 2.22. The Labute approximate surface area is 133 Å². The minimum atomic E-state index is -0.183. The lowest BCUT2D eigenvalue weighted by atomic mass is 9.99. The minimum absolute atomic E-state index is 0.0769. The lowest BCUT2D eigenvalue weighted by Crippen LogP contribution is -2.24. The second-order valence-corrected chi connectivity index (χ2v) is 6.16. The summed E-state index contributed by atoms with van der Waals surface area (Å²) in [5.41, 5.74) is 2.91. The highest BCUT2D eigenvalue weighted by Crippen LogP contribution is 2.21. The smallest absolute Gasteiger partial charge is 0.123 e. The Morgan fingerprint density at radius 2 is 2.10 bits per heavy atom. The zero-order valence-corrected chi connectivity index (χ0v) is 14.0. The molecule has 0 aliphatic rings. The number of hydrogen-bond donors (Lipinski definition) is 1. The van der Waals surface area contributed by atoms with Crippen molar-refractivity contribution in [3.63, 3.8) is 0 Å². The molecule has 1 aromatic carbocycles. The number of benzene rings is 1. The Hall–Kier alpha value is -1.26. The van der Waals surface area contributed by atoms with E-state index in [1.54, 1.807) is 18.3 Å². The van der Waals surface area contributed by atoms with Crippen molar-refractivity contribution in [2.45, 2.75) is 32.7 Å². The van der Waals surface area contributed by atoms with Crippen LogP contribution < -0.4 is 5.32 Å². The molecule has 0 radical (unpaired) electrons. The van der Waals surface area contributed by atoms with Crippen molar-refractivity contribution in [1.29, 1.82) is 0 Å². The van der Waals surface area contributed by atoms with Crippen molar-refractivity contribution in [3.05, 3.63) is 63.6 Å². The molecule has 0 fully saturated rings. The number of nitrogens with one attached hydrogen (secondary N) is 1. The molecular formula is C17H20BrFN2. The molecule has 1 aromatic heterocycles. The predicted molar refractivity (Wildman–Crippen MR) is 87.8 cm³/mol. The van der Waals surface area contributed by atoms with Gasteiger partial charge in [0.05, 0.1) is 0 Å². The van der Waals surface area contributed by atoms with Crippen LogP contribution in [0.4, 0.5) is 4.39 Å². The normalized spacial score (nSPS) is 12.4. The maximum atomic E-state index is 13.7. The van der Waals surface area contributed by atoms with Crippen LogP contribution in [0, 0.1) is 12.7 Å². The molecule has 2 rings (SSSR count). The number of aryl methyl sites for hydroxylation is 1. The van der Waals surface area contributed by atoms with Crippen molar-refractivity contribution >= 4 is 15.9 Å². The third-order valence-electron chi connectivity index (χ3n) is 3.31. The largest absolute Gasteiger partial charge is 0.310 e. The first-order valence-electron chi connectivity index (χ1n) is 7.19. The van der Waals surface area contributed by atoms with Crippen LogP contribution in [0.15, 0.2) is 41.0 Å². The molecule has 1 unspecified atom stereocenters. The summed E-state index contributed by atoms with van der Waals surface area (Å²) in [7, 11) is 0. The second-order valence-electron chi connectivity index (χ2n) is 5.24. The van der Waals surface area contributed by atoms with E-state index in [0.717, 1.165) is 40.7 Å². The molecule has 0 aliphatic heterocycles. The van der Waals surface area contributed by atoms with Gasteiger partial charge in [-0.05, 0) is 71.2 Å². The standard InChI is InChI=1S/C17H20BrFN2/c1-3-6-20-17(10-16-5-4-14(18)11-21-16)13-7-12(2)8-15(19)9-13/h4-5,7-9,11,17,20H,3,6,10H2,1-2H3. The van der Waals surface area contributed by atoms with Gasteiger partial charge in [0.1, 0.15) is 5.82 Å². The van der Waals surface area contributed by atoms with E-state index in [4.69, 9.17) is 0 Å². The first kappa shape index (κ1) is 16.1. The lowest BCUT2D eigenvalue weighted by Gasteiger charge is -2.19. The van der Waals surface area contributed by atoms with E-state index >= 15 is 0 Å². The van der Waals surface area contributed by atoms with Gasteiger partial charge in [-0.1, -0.05) is 13.0 Å². The monoisotopic (exact) mass is 350 g/mol. The fourth-order valence-electron chi connectivity index (χ4n) is 2.33. The van der Waals surface area contributed by atoms with E-state index in [2.05, 4.69) is 33.2 Å². The van der Waals surface area contributed by atoms with Crippen LogP contribution in [-0.4, -0.2) is 11.5 Å². The van der Waals surface area contributed by atoms with Crippen LogP contribution >= 0.6 is 15.9 Å². The van der Waals surface area contributed by atoms with Gasteiger partial charge in [-0.2, -0.15) is 0 Å². The number of aromatic nitrogens is 1. The molecule has 2 aromatic rings. The molecule has 0 bridgehead atoms. The molecule has 1 N–H and O–H groups in total. The average Bonchev–Trinajstić information content (AvgIpc) is 2.44. The van der Waals surface area contributed by atoms with Crippen LogP contribution in [0.2, 0.25) is 0 Å². The highest BCUT2D eigenvalue weighted by Gasteiger charge is 2.14. The second kappa shape index (κ2) is 7.66. The molecule has 0 amide bonds. The van der Waals surface area contributed by atoms with Crippen molar-refractivity contribution in [1.82, 2.24) is 10.3 Å². The van der Waals surface area contributed by atoms with Gasteiger partial charge in [0.15, 0.2) is 0 Å². The van der Waals surface area contributed by atoms with Gasteiger partial charge in [-0.15, -0.1) is 0 Å². The minimum Gasteiger partial charge on any atom is -0.310 e. The van der Waals surface area contributed by atoms with Crippen molar-refractivity contribution in [3.8, 4) is 0 Å². The highest BCUT2D eigenvalue weighted by molar-refractivity contribution is 9.10. The summed E-state index contributed by atoms with van der Waals surface area (Å²) in [6, 6.07) is 9.26. The molecule has 0 saturated heterocycles. The summed E-state index contributed by atoms with van der Waals surface area (Å²) in [5, 5.41) is 3.48. The van der Waals surface area contributed by atoms with Gasteiger partial charge in [0, 0.05) is 28.8 Å². The van der Waals surface area contributed by atoms with Gasteiger partial charge >= 0.3 is 0 Å². The fourth-order valence-corrected chi connectivity index (χ4v) is 2.56. The third kappa shape index (κ3) is 4.90. The van der Waals surface area contributed by atoms with Gasteiger partial charge in [0.2, 0.25) is 0 Å². The zero-order chi connectivity index (χ0) is 15.2. The molecule has 0 aliphatic carbocycles. The topological polar surface area (TPSA) is 24.9 Å². The molecule has 21 heavy (non-hydrogen) atoms. The first-order valence-corrected chi connectivity index (χ1v) is 7.98. The number of halogens is 2. The van der Waals surface area contributed by atoms with Gasteiger partial charge < -0.3 is 5.32 Å². The average molecular weight is 351 g/mol. The molecule has 0 saturated carbocycles. The predicted octanol–water partition coefficient (Wildman–Crippen LogP) is 4.58. The summed E-state index contributed by atoms with van der Waals surface area (Å²) in [6.45, 7) is 4.94. The Bertz CT molecular complexity index is 564. The van der Waals surface area contributed by atoms with Crippen molar-refractivity contribution in [2.24, 2.45) is 0 Å². The van der Waals surface area contributed by atoms with Gasteiger partial charge in [0.25, 0.3) is 0 Å². The van der Waals surface area contributed by atoms with Gasteiger partial charge in [-0.3, -0.25) is 4.98 Å². The summed E-state index contributed by atoms with van der Waals surface area (Å²) < 4.78 is 14.6. The SMILES string of the molecule is CCCNC(Cc1ccc(Br)cn1)c1cc(C)cc(F)c1. The van der Waals surface area contributed by atoms with Crippen LogP contribution in [0.25, 0.3) is 0 Å². The van der Waals surface area contributed by atoms with E-state index < -0.39 is 0 Å². The lowest BCUT2D eigenvalue weighted by molar-refractivity contribution is 0.519. The van der Waals surface area contributed by atoms with Crippen LogP contribution in [0.3, 0.4) is 0 Å². The molecule has 1 atom stereocenters. The van der Waals surface area contributed by atoms with Crippen molar-refractivity contribution in [2.75, 3.05) is 6.54 Å². The summed E-state index contributed by atoms with van der Waals surface area (Å²) in [4.78, 5) is 4.42. The van der Waals surface area contributed by atoms with E-state index in [1.165, 1.54) is 0 Å². The maximum Gasteiger partial charge on any atom is 0.123 e. The molecular weight excluding hydrogens is 331 g/mol. The first-order chi connectivity index (χ1) is 10.1. The summed E-state index contributed by atoms with van der Waals surface area (Å²) in [6.07, 6.45) is 3.58. The number of pyridine rings is 1. The Morgan fingerprint density at radius 1 is 1.29 bits per heavy atom. The summed E-state index contributed by atoms with van der Waals surface area (Å²) >= 11 is 3.39. The van der Waals surface area contributed by atoms with E-state index in [-0.39, 0.29) is 11.9 Å². The zero-order valence-electron chi connectivity index (χ0n) is 12.4. The van der Waals surface area contributed by atoms with E-state index in [1.807, 2.05) is 25.1 Å². The van der Waals surface area contributed by atoms with Crippen LogP contribution in [-0.2, 0) is 6.42 Å². The number of nitrogens with zero attached hydrogens (tertiary/aromatic N) is 1. The fraction of sp³-hybridized carbons (Fsp3) is 0.353. The molecule has 112 valence electrons. The molecule has 4 heteroatoms. The molecule has 0 spiro atoms. The van der Waals surface area contributed by atoms with Crippen LogP contribution in [0.5, 0.6) is 0 Å². The highest BCUT2D eigenvalue weighted by atomic mass is 79.9. The maximum absolute atomic E-state index is 13.7. The third-order valence-corrected chi connectivity index (χ3v) is 3.78. The Morgan fingerprint density at radius 3 is 2.71 bits per heavy atom. The van der Waals surface area contributed by atoms with Crippen molar-refractivity contribution < 1.29 is 4.39 Å². The van der Waals surface area contributed by atoms with Gasteiger partial charge in [-0.25, -0.2) is 4.39 Å². The Kier molecular flexibility index (Phi) is 5.88. The quantitative estimate of drug-likeness (QED) is 0.824. The molecule has 1 heterocycles. The number of hydrogen-bond acceptors (Lipinski definition) is 2. The summed E-state index contributed by atoms with van der Waals surface area (Å²) in [5.74, 6) is -0.183. The number of rotatable bonds is 6. The van der Waals surface area contributed by atoms with E-state index in [0.29, 0.717) is 0 Å². The van der Waals surface area contributed by atoms with Crippen LogP contribution in [0.1, 0.15) is 36.2 Å². The molecule has 2 nitrogen and oxygen atoms in total.